The van der Waals surface area contributed by atoms with Gasteiger partial charge in [-0.2, -0.15) is 0 Å². The summed E-state index contributed by atoms with van der Waals surface area (Å²) >= 11 is 1.67. The van der Waals surface area contributed by atoms with Crippen molar-refractivity contribution < 1.29 is 9.47 Å². The lowest BCUT2D eigenvalue weighted by molar-refractivity contribution is 0.210. The van der Waals surface area contributed by atoms with E-state index in [2.05, 4.69) is 53.0 Å². The molecule has 6 heteroatoms. The number of nitrogens with zero attached hydrogens (tertiary/aromatic N) is 2. The van der Waals surface area contributed by atoms with Gasteiger partial charge < -0.3 is 14.8 Å². The highest BCUT2D eigenvalue weighted by molar-refractivity contribution is 7.23. The minimum Gasteiger partial charge on any atom is -0.497 e. The molecule has 0 aliphatic carbocycles. The SMILES string of the molecule is CCc1ccc(-c2nc3sc4cc(OC)ccc4n3c2NCCOC)cc1. The van der Waals surface area contributed by atoms with E-state index in [0.29, 0.717) is 6.61 Å². The lowest BCUT2D eigenvalue weighted by Crippen LogP contribution is -2.10. The summed E-state index contributed by atoms with van der Waals surface area (Å²) in [7, 11) is 3.40. The van der Waals surface area contributed by atoms with Crippen LogP contribution in [0, 0.1) is 0 Å². The highest BCUT2D eigenvalue weighted by atomic mass is 32.1. The van der Waals surface area contributed by atoms with E-state index in [1.54, 1.807) is 25.6 Å². The van der Waals surface area contributed by atoms with Crippen LogP contribution in [0.5, 0.6) is 5.75 Å². The molecule has 0 bridgehead atoms. The molecule has 2 aromatic heterocycles. The minimum atomic E-state index is 0.636. The number of hydrogen-bond donors (Lipinski definition) is 1. The van der Waals surface area contributed by atoms with Gasteiger partial charge in [-0.1, -0.05) is 42.5 Å². The summed E-state index contributed by atoms with van der Waals surface area (Å²) in [5, 5.41) is 3.52. The van der Waals surface area contributed by atoms with Gasteiger partial charge in [-0.05, 0) is 30.2 Å². The van der Waals surface area contributed by atoms with E-state index < -0.39 is 0 Å². The summed E-state index contributed by atoms with van der Waals surface area (Å²) in [5.41, 5.74) is 4.54. The maximum atomic E-state index is 5.36. The molecule has 0 aliphatic rings. The third-order valence-corrected chi connectivity index (χ3v) is 5.69. The van der Waals surface area contributed by atoms with Crippen LogP contribution >= 0.6 is 11.3 Å². The number of nitrogens with one attached hydrogen (secondary N) is 1. The summed E-state index contributed by atoms with van der Waals surface area (Å²) in [4.78, 5) is 5.91. The zero-order chi connectivity index (χ0) is 18.8. The average Bonchev–Trinajstić information content (AvgIpc) is 3.24. The van der Waals surface area contributed by atoms with Gasteiger partial charge >= 0.3 is 0 Å². The molecule has 0 amide bonds. The molecule has 27 heavy (non-hydrogen) atoms. The highest BCUT2D eigenvalue weighted by Crippen LogP contribution is 2.37. The molecule has 2 aromatic carbocycles. The summed E-state index contributed by atoms with van der Waals surface area (Å²) in [6.07, 6.45) is 1.03. The van der Waals surface area contributed by atoms with E-state index >= 15 is 0 Å². The molecule has 0 atom stereocenters. The molecular formula is C21H23N3O2S. The van der Waals surface area contributed by atoms with Crippen LogP contribution in [-0.2, 0) is 11.2 Å². The zero-order valence-electron chi connectivity index (χ0n) is 15.8. The van der Waals surface area contributed by atoms with Crippen molar-refractivity contribution in [2.24, 2.45) is 0 Å². The Bertz CT molecular complexity index is 1070. The van der Waals surface area contributed by atoms with Crippen molar-refractivity contribution in [3.05, 3.63) is 48.0 Å². The van der Waals surface area contributed by atoms with E-state index in [4.69, 9.17) is 14.5 Å². The maximum absolute atomic E-state index is 5.36. The van der Waals surface area contributed by atoms with E-state index in [9.17, 15) is 0 Å². The Morgan fingerprint density at radius 3 is 2.63 bits per heavy atom. The van der Waals surface area contributed by atoms with E-state index in [1.165, 1.54) is 5.56 Å². The van der Waals surface area contributed by atoms with Crippen LogP contribution in [0.4, 0.5) is 5.82 Å². The van der Waals surface area contributed by atoms with Crippen molar-refractivity contribution in [3.8, 4) is 17.0 Å². The number of thiazole rings is 1. The van der Waals surface area contributed by atoms with Crippen LogP contribution in [0.3, 0.4) is 0 Å². The van der Waals surface area contributed by atoms with E-state index in [-0.39, 0.29) is 0 Å². The first-order chi connectivity index (χ1) is 13.2. The zero-order valence-corrected chi connectivity index (χ0v) is 16.6. The average molecular weight is 382 g/mol. The summed E-state index contributed by atoms with van der Waals surface area (Å²) in [6, 6.07) is 14.8. The van der Waals surface area contributed by atoms with Crippen LogP contribution in [0.2, 0.25) is 0 Å². The second-order valence-corrected chi connectivity index (χ2v) is 7.34. The van der Waals surface area contributed by atoms with Gasteiger partial charge in [-0.25, -0.2) is 4.98 Å². The molecule has 0 saturated carbocycles. The molecule has 5 nitrogen and oxygen atoms in total. The number of rotatable bonds is 7. The van der Waals surface area contributed by atoms with Gasteiger partial charge in [0.1, 0.15) is 17.3 Å². The van der Waals surface area contributed by atoms with Gasteiger partial charge in [0, 0.05) is 19.2 Å². The number of benzene rings is 2. The predicted molar refractivity (Wildman–Crippen MR) is 112 cm³/mol. The summed E-state index contributed by atoms with van der Waals surface area (Å²) < 4.78 is 13.9. The van der Waals surface area contributed by atoms with Gasteiger partial charge in [-0.15, -0.1) is 0 Å². The van der Waals surface area contributed by atoms with Gasteiger partial charge in [0.15, 0.2) is 4.96 Å². The van der Waals surface area contributed by atoms with E-state index in [1.807, 2.05) is 6.07 Å². The monoisotopic (exact) mass is 381 g/mol. The number of aryl methyl sites for hydroxylation is 1. The molecule has 0 aliphatic heterocycles. The Labute approximate surface area is 162 Å². The fraction of sp³-hybridized carbons (Fsp3) is 0.286. The molecule has 0 spiro atoms. The van der Waals surface area contributed by atoms with Gasteiger partial charge in [0.25, 0.3) is 0 Å². The highest BCUT2D eigenvalue weighted by Gasteiger charge is 2.18. The first kappa shape index (κ1) is 17.8. The second kappa shape index (κ2) is 7.58. The summed E-state index contributed by atoms with van der Waals surface area (Å²) in [6.45, 7) is 3.52. The molecule has 0 unspecified atom stereocenters. The van der Waals surface area contributed by atoms with Crippen molar-refractivity contribution in [3.63, 3.8) is 0 Å². The number of anilines is 1. The Morgan fingerprint density at radius 1 is 1.11 bits per heavy atom. The maximum Gasteiger partial charge on any atom is 0.197 e. The fourth-order valence-electron chi connectivity index (χ4n) is 3.21. The molecule has 0 saturated heterocycles. The molecule has 4 aromatic rings. The Morgan fingerprint density at radius 2 is 1.93 bits per heavy atom. The molecule has 0 fully saturated rings. The molecule has 1 N–H and O–H groups in total. The van der Waals surface area contributed by atoms with Crippen LogP contribution in [0.1, 0.15) is 12.5 Å². The Balaban J connectivity index is 1.87. The quantitative estimate of drug-likeness (QED) is 0.465. The van der Waals surface area contributed by atoms with Crippen LogP contribution in [0.25, 0.3) is 26.4 Å². The van der Waals surface area contributed by atoms with Crippen LogP contribution in [0.15, 0.2) is 42.5 Å². The number of methoxy groups -OCH3 is 2. The van der Waals surface area contributed by atoms with Crippen LogP contribution < -0.4 is 10.1 Å². The lowest BCUT2D eigenvalue weighted by atomic mass is 10.1. The van der Waals surface area contributed by atoms with Gasteiger partial charge in [0.05, 0.1) is 23.9 Å². The topological polar surface area (TPSA) is 47.8 Å². The van der Waals surface area contributed by atoms with Gasteiger partial charge in [0.2, 0.25) is 0 Å². The molecule has 4 rings (SSSR count). The van der Waals surface area contributed by atoms with Crippen molar-refractivity contribution in [1.82, 2.24) is 9.38 Å². The second-order valence-electron chi connectivity index (χ2n) is 6.33. The Hall–Kier alpha value is -2.57. The van der Waals surface area contributed by atoms with Crippen LogP contribution in [-0.4, -0.2) is 36.8 Å². The standard InChI is InChI=1S/C21H23N3O2S/c1-4-14-5-7-15(8-6-14)19-20(22-11-12-25-2)24-17-10-9-16(26-3)13-18(17)27-21(24)23-19/h5-10,13,22H,4,11-12H2,1-3H3. The van der Waals surface area contributed by atoms with Crippen molar-refractivity contribution >= 4 is 32.3 Å². The first-order valence-electron chi connectivity index (χ1n) is 9.06. The number of hydrogen-bond acceptors (Lipinski definition) is 5. The molecular weight excluding hydrogens is 358 g/mol. The lowest BCUT2D eigenvalue weighted by Gasteiger charge is -2.09. The van der Waals surface area contributed by atoms with Crippen molar-refractivity contribution in [2.75, 3.05) is 32.7 Å². The third kappa shape index (κ3) is 3.26. The van der Waals surface area contributed by atoms with Crippen molar-refractivity contribution in [2.45, 2.75) is 13.3 Å². The van der Waals surface area contributed by atoms with E-state index in [0.717, 1.165) is 51.0 Å². The Kier molecular flexibility index (Phi) is 5.01. The molecule has 2 heterocycles. The smallest absolute Gasteiger partial charge is 0.197 e. The predicted octanol–water partition coefficient (Wildman–Crippen LogP) is 4.85. The van der Waals surface area contributed by atoms with Gasteiger partial charge in [-0.3, -0.25) is 4.40 Å². The first-order valence-corrected chi connectivity index (χ1v) is 9.88. The molecule has 0 radical (unpaired) electrons. The number of ether oxygens (including phenoxy) is 2. The normalized spacial score (nSPS) is 11.4. The number of imidazole rings is 1. The number of fused-ring (bicyclic) bond motifs is 3. The minimum absolute atomic E-state index is 0.636. The third-order valence-electron chi connectivity index (χ3n) is 4.69. The fourth-order valence-corrected chi connectivity index (χ4v) is 4.27. The number of aromatic nitrogens is 2. The van der Waals surface area contributed by atoms with Crippen molar-refractivity contribution in [1.29, 1.82) is 0 Å². The molecule has 140 valence electrons. The summed E-state index contributed by atoms with van der Waals surface area (Å²) in [5.74, 6) is 1.86. The largest absolute Gasteiger partial charge is 0.497 e.